The molecule has 2 aromatic carbocycles. The Kier molecular flexibility index (Phi) is 21.1. The van der Waals surface area contributed by atoms with Gasteiger partial charge in [-0.25, -0.2) is 0 Å². The van der Waals surface area contributed by atoms with E-state index in [0.29, 0.717) is 0 Å². The maximum atomic E-state index is 6.02. The summed E-state index contributed by atoms with van der Waals surface area (Å²) in [7, 11) is 13.7. The molecule has 0 radical (unpaired) electrons. The van der Waals surface area contributed by atoms with Gasteiger partial charge in [-0.15, -0.1) is 0 Å². The highest BCUT2D eigenvalue weighted by atomic mass is 16.5. The maximum Gasteiger partial charge on any atom is 0.119 e. The van der Waals surface area contributed by atoms with Gasteiger partial charge >= 0.3 is 0 Å². The second-order valence-corrected chi connectivity index (χ2v) is 15.8. The minimum atomic E-state index is 0.815. The van der Waals surface area contributed by atoms with Gasteiger partial charge in [0.1, 0.15) is 11.5 Å². The molecule has 0 aliphatic carbocycles. The molecule has 0 unspecified atom stereocenters. The third kappa shape index (κ3) is 22.5. The molecule has 0 bridgehead atoms. The van der Waals surface area contributed by atoms with Crippen molar-refractivity contribution in [2.24, 2.45) is 0 Å². The Balaban J connectivity index is 1.43. The van der Waals surface area contributed by atoms with E-state index in [0.717, 1.165) is 46.5 Å². The van der Waals surface area contributed by atoms with Crippen LogP contribution in [-0.4, -0.2) is 77.6 Å². The lowest BCUT2D eigenvalue weighted by Gasteiger charge is -2.23. The number of quaternary nitrogens is 2. The molecule has 46 heavy (non-hydrogen) atoms. The summed E-state index contributed by atoms with van der Waals surface area (Å²) in [6.45, 7) is 4.23. The highest BCUT2D eigenvalue weighted by molar-refractivity contribution is 5.64. The van der Waals surface area contributed by atoms with Crippen molar-refractivity contribution in [1.82, 2.24) is 0 Å². The fraction of sp³-hybridized carbons (Fsp3) is 0.714. The van der Waals surface area contributed by atoms with Gasteiger partial charge in [-0.05, 0) is 73.9 Å². The highest BCUT2D eigenvalue weighted by Crippen LogP contribution is 2.25. The molecule has 0 aliphatic heterocycles. The van der Waals surface area contributed by atoms with Crippen molar-refractivity contribution in [2.45, 2.75) is 128 Å². The minimum absolute atomic E-state index is 0.815. The van der Waals surface area contributed by atoms with Crippen LogP contribution in [0.2, 0.25) is 0 Å². The van der Waals surface area contributed by atoms with Crippen molar-refractivity contribution in [3.05, 3.63) is 48.5 Å². The lowest BCUT2D eigenvalue weighted by atomic mass is 10.1. The summed E-state index contributed by atoms with van der Waals surface area (Å²) >= 11 is 0. The zero-order valence-electron chi connectivity index (χ0n) is 31.3. The molecule has 0 saturated heterocycles. The second-order valence-electron chi connectivity index (χ2n) is 15.8. The third-order valence-corrected chi connectivity index (χ3v) is 9.03. The molecule has 0 heterocycles. The van der Waals surface area contributed by atoms with E-state index in [1.165, 1.54) is 140 Å². The summed E-state index contributed by atoms with van der Waals surface area (Å²) in [6, 6.07) is 17.1. The Morgan fingerprint density at radius 2 is 0.565 bits per heavy atom. The zero-order valence-corrected chi connectivity index (χ0v) is 31.3. The van der Waals surface area contributed by atoms with Crippen molar-refractivity contribution < 1.29 is 18.4 Å². The van der Waals surface area contributed by atoms with Gasteiger partial charge in [-0.2, -0.15) is 0 Å². The molecule has 0 fully saturated rings. The van der Waals surface area contributed by atoms with Crippen molar-refractivity contribution in [3.8, 4) is 22.6 Å². The van der Waals surface area contributed by atoms with Gasteiger partial charge in [0, 0.05) is 0 Å². The molecule has 0 saturated carbocycles. The summed E-state index contributed by atoms with van der Waals surface area (Å²) in [5.74, 6) is 1.94. The Morgan fingerprint density at radius 3 is 0.826 bits per heavy atom. The minimum Gasteiger partial charge on any atom is -0.494 e. The van der Waals surface area contributed by atoms with Crippen LogP contribution in [-0.2, 0) is 0 Å². The molecule has 262 valence electrons. The van der Waals surface area contributed by atoms with E-state index < -0.39 is 0 Å². The van der Waals surface area contributed by atoms with Crippen molar-refractivity contribution in [3.63, 3.8) is 0 Å². The highest BCUT2D eigenvalue weighted by Gasteiger charge is 2.06. The summed E-state index contributed by atoms with van der Waals surface area (Å²) in [4.78, 5) is 0. The van der Waals surface area contributed by atoms with E-state index in [2.05, 4.69) is 90.8 Å². The van der Waals surface area contributed by atoms with Gasteiger partial charge in [-0.1, -0.05) is 114 Å². The van der Waals surface area contributed by atoms with Gasteiger partial charge < -0.3 is 18.4 Å². The van der Waals surface area contributed by atoms with Crippen LogP contribution in [0, 0.1) is 0 Å². The van der Waals surface area contributed by atoms with Gasteiger partial charge in [-0.3, -0.25) is 0 Å². The summed E-state index contributed by atoms with van der Waals surface area (Å²) in [6.07, 6.45) is 27.0. The second kappa shape index (κ2) is 24.2. The number of ether oxygens (including phenoxy) is 2. The van der Waals surface area contributed by atoms with Crippen LogP contribution in [0.4, 0.5) is 0 Å². The van der Waals surface area contributed by atoms with Crippen LogP contribution in [0.15, 0.2) is 48.5 Å². The number of rotatable bonds is 29. The predicted molar refractivity (Wildman–Crippen MR) is 201 cm³/mol. The van der Waals surface area contributed by atoms with Gasteiger partial charge in [0.15, 0.2) is 0 Å². The number of hydrogen-bond acceptors (Lipinski definition) is 2. The maximum absolute atomic E-state index is 6.02. The predicted octanol–water partition coefficient (Wildman–Crippen LogP) is 11.3. The summed E-state index contributed by atoms with van der Waals surface area (Å²) in [5.41, 5.74) is 2.44. The molecule has 2 rings (SSSR count). The quantitative estimate of drug-likeness (QED) is 0.0652. The van der Waals surface area contributed by atoms with Crippen LogP contribution >= 0.6 is 0 Å². The number of nitrogens with zero attached hydrogens (tertiary/aromatic N) is 2. The topological polar surface area (TPSA) is 18.5 Å². The molecular weight excluding hydrogens is 564 g/mol. The van der Waals surface area contributed by atoms with E-state index in [-0.39, 0.29) is 0 Å². The Bertz CT molecular complexity index is 891. The number of unbranched alkanes of at least 4 members (excludes halogenated alkanes) is 18. The van der Waals surface area contributed by atoms with Crippen molar-refractivity contribution in [1.29, 1.82) is 0 Å². The summed E-state index contributed by atoms with van der Waals surface area (Å²) < 4.78 is 14.2. The molecule has 0 spiro atoms. The average Bonchev–Trinajstić information content (AvgIpc) is 3.01. The fourth-order valence-electron chi connectivity index (χ4n) is 6.07. The Morgan fingerprint density at radius 1 is 0.326 bits per heavy atom. The monoisotopic (exact) mass is 639 g/mol. The van der Waals surface area contributed by atoms with Gasteiger partial charge in [0.25, 0.3) is 0 Å². The largest absolute Gasteiger partial charge is 0.494 e. The standard InChI is InChI=1S/C42H74N2O2/c1-43(2,3)35-23-19-15-11-7-9-13-17-21-25-37-45-41-31-27-39(28-32-41)40-29-33-42(34-30-40)46-38-26-22-18-14-10-8-12-16-20-24-36-44(4,5)6/h27-34H,7-26,35-38H2,1-6H3/q+2. The SMILES string of the molecule is C[N+](C)(C)CCCCCCCCCCCCOc1ccc(-c2ccc(OCCCCCCCCCCCC[N+](C)(C)C)cc2)cc1. The first kappa shape index (κ1) is 40.1. The van der Waals surface area contributed by atoms with Crippen LogP contribution < -0.4 is 9.47 Å². The Hall–Kier alpha value is -2.04. The molecule has 0 aliphatic rings. The van der Waals surface area contributed by atoms with Crippen LogP contribution in [0.5, 0.6) is 11.5 Å². The van der Waals surface area contributed by atoms with E-state index in [1.807, 2.05) is 0 Å². The average molecular weight is 639 g/mol. The lowest BCUT2D eigenvalue weighted by molar-refractivity contribution is -0.870. The number of hydrogen-bond donors (Lipinski definition) is 0. The fourth-order valence-corrected chi connectivity index (χ4v) is 6.07. The smallest absolute Gasteiger partial charge is 0.119 e. The Labute approximate surface area is 286 Å². The van der Waals surface area contributed by atoms with E-state index in [4.69, 9.17) is 9.47 Å². The van der Waals surface area contributed by atoms with Crippen LogP contribution in [0.25, 0.3) is 11.1 Å². The first-order valence-electron chi connectivity index (χ1n) is 19.2. The van der Waals surface area contributed by atoms with E-state index in [9.17, 15) is 0 Å². The molecular formula is C42H74N2O2+2. The molecule has 0 atom stereocenters. The number of benzene rings is 2. The third-order valence-electron chi connectivity index (χ3n) is 9.03. The van der Waals surface area contributed by atoms with Gasteiger partial charge in [0.05, 0.1) is 68.6 Å². The first-order valence-corrected chi connectivity index (χ1v) is 19.2. The molecule has 2 aromatic rings. The van der Waals surface area contributed by atoms with E-state index >= 15 is 0 Å². The van der Waals surface area contributed by atoms with Crippen LogP contribution in [0.3, 0.4) is 0 Å². The molecule has 0 amide bonds. The molecule has 0 aromatic heterocycles. The zero-order chi connectivity index (χ0) is 33.4. The van der Waals surface area contributed by atoms with Crippen molar-refractivity contribution >= 4 is 0 Å². The normalized spacial score (nSPS) is 12.0. The first-order chi connectivity index (χ1) is 22.1. The van der Waals surface area contributed by atoms with Crippen molar-refractivity contribution in [2.75, 3.05) is 68.6 Å². The van der Waals surface area contributed by atoms with Gasteiger partial charge in [0.2, 0.25) is 0 Å². The van der Waals surface area contributed by atoms with Crippen LogP contribution in [0.1, 0.15) is 128 Å². The molecule has 4 nitrogen and oxygen atoms in total. The lowest BCUT2D eigenvalue weighted by Crippen LogP contribution is -2.35. The summed E-state index contributed by atoms with van der Waals surface area (Å²) in [5, 5.41) is 0. The molecule has 4 heteroatoms. The molecule has 0 N–H and O–H groups in total. The van der Waals surface area contributed by atoms with E-state index in [1.54, 1.807) is 0 Å².